The molecule has 0 aromatic heterocycles. The van der Waals surface area contributed by atoms with E-state index in [1.165, 1.54) is 0 Å². The van der Waals surface area contributed by atoms with Crippen LogP contribution in [0.25, 0.3) is 0 Å². The van der Waals surface area contributed by atoms with Crippen molar-refractivity contribution in [1.29, 1.82) is 0 Å². The van der Waals surface area contributed by atoms with E-state index >= 15 is 0 Å². The highest BCUT2D eigenvalue weighted by Crippen LogP contribution is 2.19. The van der Waals surface area contributed by atoms with Crippen molar-refractivity contribution < 1.29 is 14.3 Å². The number of amides is 1. The van der Waals surface area contributed by atoms with Gasteiger partial charge in [0.1, 0.15) is 5.75 Å². The highest BCUT2D eigenvalue weighted by molar-refractivity contribution is 6.18. The molecule has 2 rings (SSSR count). The summed E-state index contributed by atoms with van der Waals surface area (Å²) in [6, 6.07) is 7.21. The minimum atomic E-state index is -0.129. The van der Waals surface area contributed by atoms with Crippen LogP contribution in [0.3, 0.4) is 0 Å². The van der Waals surface area contributed by atoms with Crippen LogP contribution in [0, 0.1) is 0 Å². The summed E-state index contributed by atoms with van der Waals surface area (Å²) in [7, 11) is 3.24. The van der Waals surface area contributed by atoms with Gasteiger partial charge in [-0.3, -0.25) is 9.69 Å². The van der Waals surface area contributed by atoms with Crippen molar-refractivity contribution in [2.24, 2.45) is 0 Å². The number of carbonyl (C=O) groups is 1. The molecule has 6 heteroatoms. The first kappa shape index (κ1) is 17.1. The Kier molecular flexibility index (Phi) is 6.49. The van der Waals surface area contributed by atoms with E-state index in [-0.39, 0.29) is 18.1 Å². The number of alkyl halides is 1. The average Bonchev–Trinajstić information content (AvgIpc) is 2.56. The minimum absolute atomic E-state index is 0.00557. The van der Waals surface area contributed by atoms with Gasteiger partial charge in [0.25, 0.3) is 5.91 Å². The molecular weight excluding hydrogens is 304 g/mol. The minimum Gasteiger partial charge on any atom is -0.496 e. The number of carbonyl (C=O) groups excluding carboxylic acids is 1. The van der Waals surface area contributed by atoms with Crippen molar-refractivity contribution in [3.63, 3.8) is 0 Å². The summed E-state index contributed by atoms with van der Waals surface area (Å²) in [4.78, 5) is 14.7. The van der Waals surface area contributed by atoms with Gasteiger partial charge in [0.2, 0.25) is 0 Å². The number of para-hydroxylation sites is 1. The Morgan fingerprint density at radius 2 is 2.18 bits per heavy atom. The highest BCUT2D eigenvalue weighted by atomic mass is 35.5. The van der Waals surface area contributed by atoms with Crippen LogP contribution in [0.15, 0.2) is 24.3 Å². The Bertz CT molecular complexity index is 498. The molecule has 122 valence electrons. The molecule has 0 spiro atoms. The van der Waals surface area contributed by atoms with Crippen molar-refractivity contribution in [1.82, 2.24) is 10.2 Å². The van der Waals surface area contributed by atoms with Crippen LogP contribution in [0.2, 0.25) is 0 Å². The first-order valence-corrected chi connectivity index (χ1v) is 7.98. The molecule has 1 saturated heterocycles. The van der Waals surface area contributed by atoms with Crippen LogP contribution < -0.4 is 10.1 Å². The molecule has 0 aliphatic carbocycles. The summed E-state index contributed by atoms with van der Waals surface area (Å²) >= 11 is 5.79. The molecule has 1 fully saturated rings. The van der Waals surface area contributed by atoms with E-state index < -0.39 is 0 Å². The van der Waals surface area contributed by atoms with Gasteiger partial charge in [-0.15, -0.1) is 11.6 Å². The third-order valence-electron chi connectivity index (χ3n) is 4.01. The SMILES string of the molecule is COc1ccccc1C(=O)NC1CCN(CCCl)CC1OC. The summed E-state index contributed by atoms with van der Waals surface area (Å²) in [6.07, 6.45) is 0.812. The van der Waals surface area contributed by atoms with E-state index in [0.29, 0.717) is 17.2 Å². The second-order valence-electron chi connectivity index (χ2n) is 5.33. The van der Waals surface area contributed by atoms with Crippen LogP contribution >= 0.6 is 11.6 Å². The van der Waals surface area contributed by atoms with Crippen LogP contribution in [0.1, 0.15) is 16.8 Å². The zero-order valence-electron chi connectivity index (χ0n) is 13.0. The maximum atomic E-state index is 12.5. The predicted molar refractivity (Wildman–Crippen MR) is 86.8 cm³/mol. The van der Waals surface area contributed by atoms with Gasteiger partial charge in [-0.05, 0) is 18.6 Å². The van der Waals surface area contributed by atoms with Crippen molar-refractivity contribution in [2.45, 2.75) is 18.6 Å². The fourth-order valence-electron chi connectivity index (χ4n) is 2.79. The molecule has 1 aromatic carbocycles. The fourth-order valence-corrected chi connectivity index (χ4v) is 3.02. The molecule has 0 radical (unpaired) electrons. The highest BCUT2D eigenvalue weighted by Gasteiger charge is 2.30. The zero-order valence-corrected chi connectivity index (χ0v) is 13.8. The lowest BCUT2D eigenvalue weighted by atomic mass is 10.0. The van der Waals surface area contributed by atoms with Crippen molar-refractivity contribution in [2.75, 3.05) is 39.7 Å². The van der Waals surface area contributed by atoms with E-state index in [0.717, 1.165) is 26.1 Å². The normalized spacial score (nSPS) is 22.3. The number of nitrogens with zero attached hydrogens (tertiary/aromatic N) is 1. The lowest BCUT2D eigenvalue weighted by molar-refractivity contribution is 0.00825. The van der Waals surface area contributed by atoms with Crippen LogP contribution in [-0.2, 0) is 4.74 Å². The molecule has 1 aliphatic heterocycles. The number of hydrogen-bond acceptors (Lipinski definition) is 4. The van der Waals surface area contributed by atoms with Gasteiger partial charge < -0.3 is 14.8 Å². The number of methoxy groups -OCH3 is 2. The van der Waals surface area contributed by atoms with E-state index in [9.17, 15) is 4.79 Å². The topological polar surface area (TPSA) is 50.8 Å². The average molecular weight is 327 g/mol. The number of piperidine rings is 1. The summed E-state index contributed by atoms with van der Waals surface area (Å²) in [5.74, 6) is 1.05. The monoisotopic (exact) mass is 326 g/mol. The third-order valence-corrected chi connectivity index (χ3v) is 4.18. The van der Waals surface area contributed by atoms with Gasteiger partial charge in [-0.2, -0.15) is 0 Å². The zero-order chi connectivity index (χ0) is 15.9. The van der Waals surface area contributed by atoms with Gasteiger partial charge in [0.15, 0.2) is 0 Å². The Morgan fingerprint density at radius 3 is 2.86 bits per heavy atom. The molecule has 22 heavy (non-hydrogen) atoms. The number of benzene rings is 1. The predicted octanol–water partition coefficient (Wildman–Crippen LogP) is 1.75. The third kappa shape index (κ3) is 4.12. The van der Waals surface area contributed by atoms with E-state index in [1.54, 1.807) is 26.4 Å². The number of ether oxygens (including phenoxy) is 2. The Hall–Kier alpha value is -1.30. The lowest BCUT2D eigenvalue weighted by Crippen LogP contribution is -2.55. The number of rotatable bonds is 6. The summed E-state index contributed by atoms with van der Waals surface area (Å²) in [5.41, 5.74) is 0.544. The molecule has 1 aromatic rings. The molecule has 2 unspecified atom stereocenters. The second-order valence-corrected chi connectivity index (χ2v) is 5.71. The maximum Gasteiger partial charge on any atom is 0.255 e. The van der Waals surface area contributed by atoms with E-state index in [1.807, 2.05) is 12.1 Å². The van der Waals surface area contributed by atoms with Crippen LogP contribution in [0.5, 0.6) is 5.75 Å². The molecule has 5 nitrogen and oxygen atoms in total. The molecule has 2 atom stereocenters. The first-order chi connectivity index (χ1) is 10.7. The Morgan fingerprint density at radius 1 is 1.41 bits per heavy atom. The smallest absolute Gasteiger partial charge is 0.255 e. The largest absolute Gasteiger partial charge is 0.496 e. The molecule has 1 N–H and O–H groups in total. The number of likely N-dealkylation sites (tertiary alicyclic amines) is 1. The van der Waals surface area contributed by atoms with Crippen molar-refractivity contribution in [3.05, 3.63) is 29.8 Å². The Labute approximate surface area is 136 Å². The van der Waals surface area contributed by atoms with Gasteiger partial charge in [-0.25, -0.2) is 0 Å². The van der Waals surface area contributed by atoms with Crippen LogP contribution in [0.4, 0.5) is 0 Å². The summed E-state index contributed by atoms with van der Waals surface area (Å²) < 4.78 is 10.8. The quantitative estimate of drug-likeness (QED) is 0.809. The fraction of sp³-hybridized carbons (Fsp3) is 0.562. The first-order valence-electron chi connectivity index (χ1n) is 7.44. The van der Waals surface area contributed by atoms with E-state index in [2.05, 4.69) is 10.2 Å². The molecule has 1 amide bonds. The van der Waals surface area contributed by atoms with Crippen molar-refractivity contribution in [3.8, 4) is 5.75 Å². The van der Waals surface area contributed by atoms with Gasteiger partial charge in [0, 0.05) is 32.6 Å². The molecule has 1 heterocycles. The van der Waals surface area contributed by atoms with Crippen molar-refractivity contribution >= 4 is 17.5 Å². The summed E-state index contributed by atoms with van der Waals surface area (Å²) in [6.45, 7) is 2.53. The lowest BCUT2D eigenvalue weighted by Gasteiger charge is -2.37. The van der Waals surface area contributed by atoms with Gasteiger partial charge >= 0.3 is 0 Å². The van der Waals surface area contributed by atoms with Crippen LogP contribution in [-0.4, -0.2) is 62.7 Å². The molecule has 0 bridgehead atoms. The summed E-state index contributed by atoms with van der Waals surface area (Å²) in [5, 5.41) is 3.07. The van der Waals surface area contributed by atoms with Gasteiger partial charge in [-0.1, -0.05) is 12.1 Å². The van der Waals surface area contributed by atoms with Gasteiger partial charge in [0.05, 0.1) is 24.8 Å². The second kappa shape index (κ2) is 8.36. The molecule has 0 saturated carbocycles. The number of halogens is 1. The molecule has 1 aliphatic rings. The Balaban J connectivity index is 2.01. The standard InChI is InChI=1S/C16H23ClN2O3/c1-21-14-6-4-3-5-12(14)16(20)18-13-7-9-19(10-8-17)11-15(13)22-2/h3-6,13,15H,7-11H2,1-2H3,(H,18,20). The van der Waals surface area contributed by atoms with E-state index in [4.69, 9.17) is 21.1 Å². The molecular formula is C16H23ClN2O3. The number of nitrogens with one attached hydrogen (secondary N) is 1. The number of hydrogen-bond donors (Lipinski definition) is 1. The maximum absolute atomic E-state index is 12.5.